The quantitative estimate of drug-likeness (QED) is 0.0681. The van der Waals surface area contributed by atoms with Crippen molar-refractivity contribution in [1.29, 1.82) is 0 Å². The van der Waals surface area contributed by atoms with Crippen LogP contribution in [0.25, 0.3) is 21.8 Å². The zero-order chi connectivity index (χ0) is 39.1. The number of rotatable bonds is 16. The average molecular weight is 757 g/mol. The van der Waals surface area contributed by atoms with Crippen LogP contribution in [0.5, 0.6) is 0 Å². The maximum absolute atomic E-state index is 13.8. The Kier molecular flexibility index (Phi) is 11.1. The minimum Gasteiger partial charge on any atom is -0.481 e. The third kappa shape index (κ3) is 7.70. The van der Waals surface area contributed by atoms with Gasteiger partial charge in [0.05, 0.1) is 12.8 Å². The number of carboxylic acid groups (broad SMARTS) is 1. The number of unbranched alkanes of at least 4 members (excludes halogenated alkanes) is 2. The van der Waals surface area contributed by atoms with Gasteiger partial charge < -0.3 is 9.67 Å². The molecular weight excluding hydrogens is 736 g/mol. The fourth-order valence-corrected chi connectivity index (χ4v) is 4.84. The second-order valence-electron chi connectivity index (χ2n) is 11.2. The number of benzene rings is 2. The van der Waals surface area contributed by atoms with Gasteiger partial charge in [0, 0.05) is 45.9 Å². The van der Waals surface area contributed by atoms with Gasteiger partial charge in [-0.1, -0.05) is 6.42 Å². The highest BCUT2D eigenvalue weighted by Crippen LogP contribution is 2.48. The summed E-state index contributed by atoms with van der Waals surface area (Å²) < 4.78 is 185. The van der Waals surface area contributed by atoms with Gasteiger partial charge in [0.25, 0.3) is 0 Å². The summed E-state index contributed by atoms with van der Waals surface area (Å²) in [6.45, 7) is 0.0503. The summed E-state index contributed by atoms with van der Waals surface area (Å²) in [5.74, 6) is -37.1. The predicted octanol–water partition coefficient (Wildman–Crippen LogP) is 8.39. The molecule has 7 nitrogen and oxygen atoms in total. The first-order chi connectivity index (χ1) is 23.1. The minimum atomic E-state index is -6.88. The van der Waals surface area contributed by atoms with Crippen molar-refractivity contribution in [2.45, 2.75) is 81.1 Å². The molecule has 280 valence electrons. The van der Waals surface area contributed by atoms with Crippen LogP contribution in [-0.4, -0.2) is 74.8 Å². The number of carboxylic acids is 1. The van der Waals surface area contributed by atoms with Crippen molar-refractivity contribution in [2.75, 3.05) is 0 Å². The lowest BCUT2D eigenvalue weighted by Crippen LogP contribution is -2.56. The number of aryl methyl sites for hydroxylation is 1. The SMILES string of the molecule is O=C(O)CCCCCn1c2ccc(C(=O)CC(=O)C(F)(F)C(F)(F)C(F)(F)F)cc2c2cc(C(=O)CC(=O)C(F)(F)C(F)(F)C(F)(F)F)ccc21. The largest absolute Gasteiger partial charge is 0.481 e. The molecule has 1 N–H and O–H groups in total. The molecule has 0 aliphatic carbocycles. The Balaban J connectivity index is 2.05. The number of hydrogen-bond donors (Lipinski definition) is 1. The molecule has 0 saturated heterocycles. The molecule has 0 aliphatic heterocycles. The lowest BCUT2D eigenvalue weighted by molar-refractivity contribution is -0.343. The average Bonchev–Trinajstić information content (AvgIpc) is 3.31. The van der Waals surface area contributed by atoms with Crippen LogP contribution in [0.3, 0.4) is 0 Å². The van der Waals surface area contributed by atoms with Crippen molar-refractivity contribution < 1.29 is 90.5 Å². The summed E-state index contributed by atoms with van der Waals surface area (Å²) in [4.78, 5) is 59.7. The molecule has 0 aliphatic rings. The van der Waals surface area contributed by atoms with Crippen LogP contribution < -0.4 is 0 Å². The van der Waals surface area contributed by atoms with E-state index in [0.29, 0.717) is 6.42 Å². The van der Waals surface area contributed by atoms with E-state index in [1.807, 2.05) is 0 Å². The fourth-order valence-electron chi connectivity index (χ4n) is 4.84. The van der Waals surface area contributed by atoms with Gasteiger partial charge >= 0.3 is 42.0 Å². The lowest BCUT2D eigenvalue weighted by Gasteiger charge is -2.26. The number of aromatic nitrogens is 1. The van der Waals surface area contributed by atoms with Crippen molar-refractivity contribution in [2.24, 2.45) is 0 Å². The first-order valence-corrected chi connectivity index (χ1v) is 14.1. The number of Topliss-reactive ketones (excluding diaryl/α,β-unsaturated/α-hetero) is 4. The fraction of sp³-hybridized carbons (Fsp3) is 0.433. The van der Waals surface area contributed by atoms with Crippen LogP contribution in [-0.2, 0) is 20.9 Å². The summed E-state index contributed by atoms with van der Waals surface area (Å²) in [6.07, 6.45) is -17.5. The van der Waals surface area contributed by atoms with Crippen LogP contribution in [0.1, 0.15) is 59.2 Å². The maximum atomic E-state index is 13.8. The van der Waals surface area contributed by atoms with Crippen molar-refractivity contribution in [3.63, 3.8) is 0 Å². The third-order valence-corrected chi connectivity index (χ3v) is 7.62. The molecule has 0 atom stereocenters. The molecule has 1 heterocycles. The van der Waals surface area contributed by atoms with Gasteiger partial charge in [-0.05, 0) is 49.2 Å². The van der Waals surface area contributed by atoms with E-state index in [1.165, 1.54) is 4.57 Å². The normalized spacial score (nSPS) is 13.5. The minimum absolute atomic E-state index is 0.0503. The zero-order valence-electron chi connectivity index (χ0n) is 25.1. The van der Waals surface area contributed by atoms with E-state index >= 15 is 0 Å². The Hall–Kier alpha value is -4.59. The van der Waals surface area contributed by atoms with Crippen LogP contribution in [0.15, 0.2) is 36.4 Å². The van der Waals surface area contributed by atoms with Gasteiger partial charge in [-0.25, -0.2) is 0 Å². The standard InChI is InChI=1S/C30H21F14NO6/c31-25(32,27(35,36)29(39,40)41)22(48)12-20(46)14-5-7-18-16(10-14)17-11-15(6-8-19(17)45(18)9-3-1-2-4-24(50)51)21(47)13-23(49)26(33,34)28(37,38)30(42,43)44/h5-8,10-11H,1-4,9,12-13H2,(H,50,51). The Morgan fingerprint density at radius 1 is 0.549 bits per heavy atom. The highest BCUT2D eigenvalue weighted by molar-refractivity contribution is 6.17. The molecule has 0 amide bonds. The van der Waals surface area contributed by atoms with Crippen LogP contribution >= 0.6 is 0 Å². The molecule has 0 fully saturated rings. The number of ketones is 4. The van der Waals surface area contributed by atoms with E-state index in [1.54, 1.807) is 0 Å². The van der Waals surface area contributed by atoms with Gasteiger partial charge in [0.15, 0.2) is 11.6 Å². The molecule has 3 aromatic rings. The molecule has 0 saturated carbocycles. The van der Waals surface area contributed by atoms with Gasteiger partial charge in [-0.3, -0.25) is 24.0 Å². The molecule has 0 unspecified atom stereocenters. The Morgan fingerprint density at radius 2 is 0.922 bits per heavy atom. The summed E-state index contributed by atoms with van der Waals surface area (Å²) in [6, 6.07) is 5.57. The number of carbonyl (C=O) groups excluding carboxylic acids is 4. The van der Waals surface area contributed by atoms with E-state index in [0.717, 1.165) is 36.4 Å². The third-order valence-electron chi connectivity index (χ3n) is 7.62. The number of hydrogen-bond acceptors (Lipinski definition) is 5. The van der Waals surface area contributed by atoms with Crippen molar-refractivity contribution in [1.82, 2.24) is 4.57 Å². The maximum Gasteiger partial charge on any atom is 0.460 e. The van der Waals surface area contributed by atoms with E-state index in [-0.39, 0.29) is 47.6 Å². The topological polar surface area (TPSA) is 111 Å². The number of halogens is 14. The van der Waals surface area contributed by atoms with Crippen molar-refractivity contribution >= 4 is 50.9 Å². The van der Waals surface area contributed by atoms with E-state index in [4.69, 9.17) is 5.11 Å². The van der Waals surface area contributed by atoms with E-state index in [2.05, 4.69) is 0 Å². The highest BCUT2D eigenvalue weighted by Gasteiger charge is 2.76. The summed E-state index contributed by atoms with van der Waals surface area (Å²) in [7, 11) is 0. The summed E-state index contributed by atoms with van der Waals surface area (Å²) in [5, 5.41) is 8.53. The molecule has 0 spiro atoms. The number of fused-ring (bicyclic) bond motifs is 3. The molecule has 51 heavy (non-hydrogen) atoms. The Bertz CT molecular complexity index is 1750. The number of nitrogens with zero attached hydrogens (tertiary/aromatic N) is 1. The summed E-state index contributed by atoms with van der Waals surface area (Å²) in [5.41, 5.74) is -1.19. The molecule has 3 rings (SSSR count). The highest BCUT2D eigenvalue weighted by atomic mass is 19.4. The van der Waals surface area contributed by atoms with Crippen LogP contribution in [0.4, 0.5) is 61.5 Å². The smallest absolute Gasteiger partial charge is 0.460 e. The van der Waals surface area contributed by atoms with Gasteiger partial charge in [0.1, 0.15) is 0 Å². The summed E-state index contributed by atoms with van der Waals surface area (Å²) >= 11 is 0. The monoisotopic (exact) mass is 757 g/mol. The number of aliphatic carboxylic acids is 1. The van der Waals surface area contributed by atoms with Gasteiger partial charge in [-0.15, -0.1) is 0 Å². The van der Waals surface area contributed by atoms with Crippen molar-refractivity contribution in [3.05, 3.63) is 47.5 Å². The first kappa shape index (κ1) is 40.8. The zero-order valence-corrected chi connectivity index (χ0v) is 25.1. The number of carbonyl (C=O) groups is 5. The van der Waals surface area contributed by atoms with Crippen molar-refractivity contribution in [3.8, 4) is 0 Å². The Labute approximate surface area is 275 Å². The van der Waals surface area contributed by atoms with E-state index < -0.39 is 89.1 Å². The second kappa shape index (κ2) is 13.9. The molecule has 2 aromatic carbocycles. The van der Waals surface area contributed by atoms with E-state index in [9.17, 15) is 85.4 Å². The number of alkyl halides is 14. The van der Waals surface area contributed by atoms with Gasteiger partial charge in [0.2, 0.25) is 11.6 Å². The molecule has 0 radical (unpaired) electrons. The lowest BCUT2D eigenvalue weighted by atomic mass is 9.96. The molecular formula is C30H21F14NO6. The first-order valence-electron chi connectivity index (χ1n) is 14.1. The predicted molar refractivity (Wildman–Crippen MR) is 145 cm³/mol. The Morgan fingerprint density at radius 3 is 1.25 bits per heavy atom. The van der Waals surface area contributed by atoms with Crippen LogP contribution in [0.2, 0.25) is 0 Å². The van der Waals surface area contributed by atoms with Gasteiger partial charge in [-0.2, -0.15) is 61.5 Å². The molecule has 0 bridgehead atoms. The molecule has 1 aromatic heterocycles. The van der Waals surface area contributed by atoms with Crippen LogP contribution in [0, 0.1) is 0 Å². The second-order valence-corrected chi connectivity index (χ2v) is 11.2. The molecule has 21 heteroatoms.